The largest absolute Gasteiger partial charge is 0.379 e. The molecular weight excluding hydrogens is 218 g/mol. The van der Waals surface area contributed by atoms with Gasteiger partial charge in [0, 0.05) is 45.2 Å². The Kier molecular flexibility index (Phi) is 5.22. The Morgan fingerprint density at radius 1 is 1.24 bits per heavy atom. The Morgan fingerprint density at radius 3 is 2.71 bits per heavy atom. The van der Waals surface area contributed by atoms with Gasteiger partial charge >= 0.3 is 0 Å². The Bertz CT molecular complexity index is 238. The van der Waals surface area contributed by atoms with Crippen LogP contribution in [-0.2, 0) is 9.53 Å². The van der Waals surface area contributed by atoms with Gasteiger partial charge in [-0.05, 0) is 12.8 Å². The number of nitrogens with one attached hydrogen (secondary N) is 2. The van der Waals surface area contributed by atoms with E-state index >= 15 is 0 Å². The van der Waals surface area contributed by atoms with Crippen LogP contribution in [0.5, 0.6) is 0 Å². The SMILES string of the molecule is O=C(CCNCCN1CCOCC1)NC1CC1. The van der Waals surface area contributed by atoms with Crippen LogP contribution in [0.25, 0.3) is 0 Å². The molecule has 2 aliphatic rings. The van der Waals surface area contributed by atoms with Gasteiger partial charge in [-0.15, -0.1) is 0 Å². The van der Waals surface area contributed by atoms with Crippen LogP contribution in [0, 0.1) is 0 Å². The summed E-state index contributed by atoms with van der Waals surface area (Å²) in [5.41, 5.74) is 0. The quantitative estimate of drug-likeness (QED) is 0.594. The van der Waals surface area contributed by atoms with Gasteiger partial charge in [0.05, 0.1) is 13.2 Å². The van der Waals surface area contributed by atoms with Crippen molar-refractivity contribution in [2.75, 3.05) is 45.9 Å². The van der Waals surface area contributed by atoms with Gasteiger partial charge in [0.25, 0.3) is 0 Å². The summed E-state index contributed by atoms with van der Waals surface area (Å²) in [4.78, 5) is 13.8. The first kappa shape index (κ1) is 12.8. The molecule has 5 heteroatoms. The first-order valence-corrected chi connectivity index (χ1v) is 6.65. The zero-order valence-electron chi connectivity index (χ0n) is 10.4. The van der Waals surface area contributed by atoms with Crippen molar-refractivity contribution >= 4 is 5.91 Å². The van der Waals surface area contributed by atoms with E-state index in [0.29, 0.717) is 12.5 Å². The summed E-state index contributed by atoms with van der Waals surface area (Å²) in [6, 6.07) is 0.482. The number of carbonyl (C=O) groups excluding carboxylic acids is 1. The Morgan fingerprint density at radius 2 is 2.00 bits per heavy atom. The first-order valence-electron chi connectivity index (χ1n) is 6.65. The summed E-state index contributed by atoms with van der Waals surface area (Å²) >= 11 is 0. The van der Waals surface area contributed by atoms with Crippen LogP contribution in [-0.4, -0.2) is 62.8 Å². The molecule has 1 aliphatic carbocycles. The zero-order chi connectivity index (χ0) is 11.9. The van der Waals surface area contributed by atoms with Crippen molar-refractivity contribution < 1.29 is 9.53 Å². The molecule has 2 N–H and O–H groups in total. The predicted molar refractivity (Wildman–Crippen MR) is 65.9 cm³/mol. The van der Waals surface area contributed by atoms with Gasteiger partial charge in [-0.3, -0.25) is 9.69 Å². The smallest absolute Gasteiger partial charge is 0.221 e. The number of hydrogen-bond acceptors (Lipinski definition) is 4. The van der Waals surface area contributed by atoms with E-state index < -0.39 is 0 Å². The predicted octanol–water partition coefficient (Wildman–Crippen LogP) is -0.423. The van der Waals surface area contributed by atoms with Crippen molar-refractivity contribution in [2.45, 2.75) is 25.3 Å². The molecule has 1 amide bonds. The monoisotopic (exact) mass is 241 g/mol. The van der Waals surface area contributed by atoms with Crippen molar-refractivity contribution in [1.82, 2.24) is 15.5 Å². The van der Waals surface area contributed by atoms with Crippen LogP contribution < -0.4 is 10.6 Å². The fourth-order valence-electron chi connectivity index (χ4n) is 1.92. The minimum Gasteiger partial charge on any atom is -0.379 e. The summed E-state index contributed by atoms with van der Waals surface area (Å²) in [7, 11) is 0. The molecular formula is C12H23N3O2. The molecule has 0 aromatic heterocycles. The molecule has 0 spiro atoms. The molecule has 0 bridgehead atoms. The van der Waals surface area contributed by atoms with Crippen molar-refractivity contribution in [3.63, 3.8) is 0 Å². The van der Waals surface area contributed by atoms with Crippen LogP contribution in [0.4, 0.5) is 0 Å². The highest BCUT2D eigenvalue weighted by atomic mass is 16.5. The van der Waals surface area contributed by atoms with Gasteiger partial charge in [-0.2, -0.15) is 0 Å². The Labute approximate surface area is 103 Å². The minimum absolute atomic E-state index is 0.186. The number of carbonyl (C=O) groups is 1. The van der Waals surface area contributed by atoms with E-state index in [1.165, 1.54) is 0 Å². The highest BCUT2D eigenvalue weighted by Gasteiger charge is 2.22. The van der Waals surface area contributed by atoms with Crippen LogP contribution in [0.3, 0.4) is 0 Å². The lowest BCUT2D eigenvalue weighted by molar-refractivity contribution is -0.121. The molecule has 0 radical (unpaired) electrons. The summed E-state index contributed by atoms with van der Waals surface area (Å²) in [5.74, 6) is 0.186. The molecule has 0 atom stereocenters. The Balaban J connectivity index is 1.41. The van der Waals surface area contributed by atoms with Crippen LogP contribution in [0.1, 0.15) is 19.3 Å². The fourth-order valence-corrected chi connectivity index (χ4v) is 1.92. The molecule has 98 valence electrons. The topological polar surface area (TPSA) is 53.6 Å². The minimum atomic E-state index is 0.186. The lowest BCUT2D eigenvalue weighted by Gasteiger charge is -2.26. The van der Waals surface area contributed by atoms with Gasteiger partial charge in [-0.1, -0.05) is 0 Å². The molecule has 0 unspecified atom stereocenters. The van der Waals surface area contributed by atoms with E-state index in [2.05, 4.69) is 15.5 Å². The van der Waals surface area contributed by atoms with E-state index in [9.17, 15) is 4.79 Å². The highest BCUT2D eigenvalue weighted by Crippen LogP contribution is 2.18. The molecule has 0 aromatic carbocycles. The second-order valence-corrected chi connectivity index (χ2v) is 4.80. The second kappa shape index (κ2) is 6.93. The molecule has 1 saturated heterocycles. The third-order valence-corrected chi connectivity index (χ3v) is 3.18. The van der Waals surface area contributed by atoms with Crippen LogP contribution in [0.2, 0.25) is 0 Å². The van der Waals surface area contributed by atoms with E-state index in [1.807, 2.05) is 0 Å². The van der Waals surface area contributed by atoms with Gasteiger partial charge in [0.2, 0.25) is 5.91 Å². The van der Waals surface area contributed by atoms with E-state index in [1.54, 1.807) is 0 Å². The van der Waals surface area contributed by atoms with E-state index in [4.69, 9.17) is 4.74 Å². The molecule has 17 heavy (non-hydrogen) atoms. The van der Waals surface area contributed by atoms with Gasteiger partial charge in [0.1, 0.15) is 0 Å². The van der Waals surface area contributed by atoms with Crippen LogP contribution >= 0.6 is 0 Å². The summed E-state index contributed by atoms with van der Waals surface area (Å²) in [5, 5.41) is 6.30. The first-order chi connectivity index (χ1) is 8.34. The molecule has 1 saturated carbocycles. The van der Waals surface area contributed by atoms with Crippen molar-refractivity contribution in [2.24, 2.45) is 0 Å². The number of nitrogens with zero attached hydrogens (tertiary/aromatic N) is 1. The average Bonchev–Trinajstić information content (AvgIpc) is 3.14. The number of amides is 1. The lowest BCUT2D eigenvalue weighted by Crippen LogP contribution is -2.40. The van der Waals surface area contributed by atoms with Crippen molar-refractivity contribution in [3.05, 3.63) is 0 Å². The lowest BCUT2D eigenvalue weighted by atomic mass is 10.3. The second-order valence-electron chi connectivity index (χ2n) is 4.80. The third-order valence-electron chi connectivity index (χ3n) is 3.18. The van der Waals surface area contributed by atoms with Gasteiger partial charge in [0.15, 0.2) is 0 Å². The molecule has 2 rings (SSSR count). The molecule has 1 aliphatic heterocycles. The average molecular weight is 241 g/mol. The highest BCUT2D eigenvalue weighted by molar-refractivity contribution is 5.76. The maximum Gasteiger partial charge on any atom is 0.221 e. The molecule has 2 fully saturated rings. The maximum atomic E-state index is 11.4. The number of rotatable bonds is 7. The molecule has 0 aromatic rings. The number of ether oxygens (including phenoxy) is 1. The normalized spacial score (nSPS) is 21.4. The summed E-state index contributed by atoms with van der Waals surface area (Å²) < 4.78 is 5.29. The van der Waals surface area contributed by atoms with E-state index in [-0.39, 0.29) is 5.91 Å². The Hall–Kier alpha value is -0.650. The van der Waals surface area contributed by atoms with E-state index in [0.717, 1.165) is 58.8 Å². The third kappa shape index (κ3) is 5.48. The van der Waals surface area contributed by atoms with Gasteiger partial charge in [-0.25, -0.2) is 0 Å². The van der Waals surface area contributed by atoms with Gasteiger partial charge < -0.3 is 15.4 Å². The zero-order valence-corrected chi connectivity index (χ0v) is 10.4. The van der Waals surface area contributed by atoms with Crippen LogP contribution in [0.15, 0.2) is 0 Å². The summed E-state index contributed by atoms with van der Waals surface area (Å²) in [6.07, 6.45) is 2.92. The summed E-state index contributed by atoms with van der Waals surface area (Å²) in [6.45, 7) is 6.55. The maximum absolute atomic E-state index is 11.4. The van der Waals surface area contributed by atoms with Crippen molar-refractivity contribution in [1.29, 1.82) is 0 Å². The fraction of sp³-hybridized carbons (Fsp3) is 0.917. The van der Waals surface area contributed by atoms with Crippen molar-refractivity contribution in [3.8, 4) is 0 Å². The molecule has 1 heterocycles. The molecule has 5 nitrogen and oxygen atoms in total. The number of morpholine rings is 1. The standard InChI is InChI=1S/C12H23N3O2/c16-12(14-11-1-2-11)3-4-13-5-6-15-7-9-17-10-8-15/h11,13H,1-10H2,(H,14,16). The number of hydrogen-bond donors (Lipinski definition) is 2.